The van der Waals surface area contributed by atoms with E-state index in [0.717, 1.165) is 32.2 Å². The summed E-state index contributed by atoms with van der Waals surface area (Å²) in [7, 11) is 0. The van der Waals surface area contributed by atoms with Crippen LogP contribution in [0.4, 0.5) is 6.01 Å². The second-order valence-electron chi connectivity index (χ2n) is 3.21. The molecule has 5 nitrogen and oxygen atoms in total. The van der Waals surface area contributed by atoms with E-state index in [2.05, 4.69) is 15.5 Å². The fraction of sp³-hybridized carbons (Fsp3) is 0.778. The van der Waals surface area contributed by atoms with Gasteiger partial charge in [0.2, 0.25) is 0 Å². The molecule has 0 aromatic carbocycles. The van der Waals surface area contributed by atoms with Crippen molar-refractivity contribution >= 4 is 6.01 Å². The zero-order valence-corrected chi connectivity index (χ0v) is 8.49. The summed E-state index contributed by atoms with van der Waals surface area (Å²) in [6.07, 6.45) is 4.13. The fourth-order valence-corrected chi connectivity index (χ4v) is 1.15. The molecule has 0 radical (unpaired) electrons. The van der Waals surface area contributed by atoms with Gasteiger partial charge in [0.1, 0.15) is 0 Å². The molecule has 1 heterocycles. The summed E-state index contributed by atoms with van der Waals surface area (Å²) in [6, 6.07) is 0.490. The van der Waals surface area contributed by atoms with Gasteiger partial charge < -0.3 is 14.9 Å². The van der Waals surface area contributed by atoms with Crippen LogP contribution in [0.1, 0.15) is 31.5 Å². The number of aromatic nitrogens is 2. The third-order valence-electron chi connectivity index (χ3n) is 1.89. The highest BCUT2D eigenvalue weighted by Crippen LogP contribution is 2.03. The van der Waals surface area contributed by atoms with E-state index >= 15 is 0 Å². The van der Waals surface area contributed by atoms with Gasteiger partial charge in [-0.1, -0.05) is 18.0 Å². The Balaban J connectivity index is 1.99. The number of aliphatic hydroxyl groups is 1. The normalized spacial score (nSPS) is 10.4. The van der Waals surface area contributed by atoms with Gasteiger partial charge >= 0.3 is 6.01 Å². The Bertz CT molecular complexity index is 250. The van der Waals surface area contributed by atoms with Crippen LogP contribution in [0, 0.1) is 6.92 Å². The van der Waals surface area contributed by atoms with Gasteiger partial charge in [0.15, 0.2) is 5.82 Å². The van der Waals surface area contributed by atoms with Crippen LogP contribution < -0.4 is 5.32 Å². The first-order valence-electron chi connectivity index (χ1n) is 4.98. The van der Waals surface area contributed by atoms with Crippen LogP contribution in [0.5, 0.6) is 0 Å². The number of nitrogens with zero attached hydrogens (tertiary/aromatic N) is 2. The van der Waals surface area contributed by atoms with Gasteiger partial charge in [-0.15, -0.1) is 0 Å². The Morgan fingerprint density at radius 3 is 2.71 bits per heavy atom. The second kappa shape index (κ2) is 6.37. The first-order valence-corrected chi connectivity index (χ1v) is 4.98. The van der Waals surface area contributed by atoms with Crippen LogP contribution >= 0.6 is 0 Å². The van der Waals surface area contributed by atoms with Gasteiger partial charge in [0, 0.05) is 13.2 Å². The molecule has 0 aliphatic carbocycles. The smallest absolute Gasteiger partial charge is 0.321 e. The molecule has 0 aliphatic rings. The van der Waals surface area contributed by atoms with Gasteiger partial charge in [-0.3, -0.25) is 0 Å². The van der Waals surface area contributed by atoms with E-state index in [-0.39, 0.29) is 6.61 Å². The minimum absolute atomic E-state index is 0.288. The lowest BCUT2D eigenvalue weighted by atomic mass is 10.2. The van der Waals surface area contributed by atoms with Crippen molar-refractivity contribution in [3.05, 3.63) is 5.82 Å². The summed E-state index contributed by atoms with van der Waals surface area (Å²) in [5, 5.41) is 15.3. The second-order valence-corrected chi connectivity index (χ2v) is 3.21. The van der Waals surface area contributed by atoms with Gasteiger partial charge in [0.25, 0.3) is 0 Å². The highest BCUT2D eigenvalue weighted by molar-refractivity contribution is 5.17. The zero-order chi connectivity index (χ0) is 10.2. The van der Waals surface area contributed by atoms with Crippen LogP contribution in [0.25, 0.3) is 0 Å². The molecule has 0 bridgehead atoms. The van der Waals surface area contributed by atoms with E-state index in [1.165, 1.54) is 0 Å². The monoisotopic (exact) mass is 199 g/mol. The molecule has 0 atom stereocenters. The van der Waals surface area contributed by atoms with Crippen molar-refractivity contribution in [2.75, 3.05) is 18.5 Å². The van der Waals surface area contributed by atoms with Crippen LogP contribution in [-0.2, 0) is 0 Å². The first-order chi connectivity index (χ1) is 6.83. The van der Waals surface area contributed by atoms with E-state index < -0.39 is 0 Å². The van der Waals surface area contributed by atoms with Crippen LogP contribution in [0.3, 0.4) is 0 Å². The maximum absolute atomic E-state index is 8.55. The van der Waals surface area contributed by atoms with E-state index in [4.69, 9.17) is 9.63 Å². The van der Waals surface area contributed by atoms with Crippen molar-refractivity contribution in [2.24, 2.45) is 0 Å². The van der Waals surface area contributed by atoms with Crippen molar-refractivity contribution in [2.45, 2.75) is 32.6 Å². The Labute approximate surface area is 83.5 Å². The van der Waals surface area contributed by atoms with Gasteiger partial charge in [0.05, 0.1) is 0 Å². The molecule has 0 saturated heterocycles. The number of rotatable bonds is 7. The van der Waals surface area contributed by atoms with Crippen molar-refractivity contribution in [1.82, 2.24) is 10.1 Å². The van der Waals surface area contributed by atoms with Crippen LogP contribution in [-0.4, -0.2) is 28.4 Å². The molecule has 5 heteroatoms. The van der Waals surface area contributed by atoms with E-state index in [9.17, 15) is 0 Å². The quantitative estimate of drug-likeness (QED) is 0.648. The zero-order valence-electron chi connectivity index (χ0n) is 8.49. The average Bonchev–Trinajstić information content (AvgIpc) is 2.58. The first kappa shape index (κ1) is 11.0. The summed E-state index contributed by atoms with van der Waals surface area (Å²) in [5.41, 5.74) is 0. The van der Waals surface area contributed by atoms with Crippen LogP contribution in [0.2, 0.25) is 0 Å². The molecule has 0 unspecified atom stereocenters. The predicted octanol–water partition coefficient (Wildman–Crippen LogP) is 1.34. The summed E-state index contributed by atoms with van der Waals surface area (Å²) in [5.74, 6) is 0.646. The largest absolute Gasteiger partial charge is 0.396 e. The lowest BCUT2D eigenvalue weighted by molar-refractivity contribution is 0.283. The molecule has 0 saturated carbocycles. The molecule has 1 aromatic rings. The molecule has 2 N–H and O–H groups in total. The summed E-state index contributed by atoms with van der Waals surface area (Å²) in [6.45, 7) is 2.92. The van der Waals surface area contributed by atoms with Crippen molar-refractivity contribution in [1.29, 1.82) is 0 Å². The molecule has 14 heavy (non-hydrogen) atoms. The van der Waals surface area contributed by atoms with E-state index in [0.29, 0.717) is 11.8 Å². The third-order valence-corrected chi connectivity index (χ3v) is 1.89. The molecule has 0 fully saturated rings. The summed E-state index contributed by atoms with van der Waals surface area (Å²) >= 11 is 0. The highest BCUT2D eigenvalue weighted by Gasteiger charge is 1.99. The van der Waals surface area contributed by atoms with Crippen molar-refractivity contribution in [3.63, 3.8) is 0 Å². The molecule has 1 rings (SSSR count). The SMILES string of the molecule is Cc1noc(NCCCCCCO)n1. The van der Waals surface area contributed by atoms with Gasteiger partial charge in [-0.05, 0) is 19.8 Å². The summed E-state index contributed by atoms with van der Waals surface area (Å²) < 4.78 is 4.88. The number of hydrogen-bond acceptors (Lipinski definition) is 5. The highest BCUT2D eigenvalue weighted by atomic mass is 16.5. The molecule has 80 valence electrons. The number of aliphatic hydroxyl groups excluding tert-OH is 1. The Kier molecular flexibility index (Phi) is 4.99. The molecular weight excluding hydrogens is 182 g/mol. The topological polar surface area (TPSA) is 71.2 Å². The van der Waals surface area contributed by atoms with Crippen molar-refractivity contribution in [3.8, 4) is 0 Å². The molecular formula is C9H17N3O2. The molecule has 1 aromatic heterocycles. The van der Waals surface area contributed by atoms with E-state index in [1.807, 2.05) is 0 Å². The van der Waals surface area contributed by atoms with Crippen molar-refractivity contribution < 1.29 is 9.63 Å². The average molecular weight is 199 g/mol. The van der Waals surface area contributed by atoms with E-state index in [1.54, 1.807) is 6.92 Å². The number of unbranched alkanes of at least 4 members (excludes halogenated alkanes) is 3. The van der Waals surface area contributed by atoms with Crippen LogP contribution in [0.15, 0.2) is 4.52 Å². The number of aryl methyl sites for hydroxylation is 1. The third kappa shape index (κ3) is 4.23. The minimum Gasteiger partial charge on any atom is -0.396 e. The number of nitrogens with one attached hydrogen (secondary N) is 1. The standard InChI is InChI=1S/C9H17N3O2/c1-8-11-9(14-12-8)10-6-4-2-3-5-7-13/h13H,2-7H2,1H3,(H,10,11,12). The number of anilines is 1. The Morgan fingerprint density at radius 1 is 1.29 bits per heavy atom. The van der Waals surface area contributed by atoms with Gasteiger partial charge in [-0.2, -0.15) is 4.98 Å². The lowest BCUT2D eigenvalue weighted by Crippen LogP contribution is -2.01. The Morgan fingerprint density at radius 2 is 2.07 bits per heavy atom. The molecule has 0 spiro atoms. The predicted molar refractivity (Wildman–Crippen MR) is 53.1 cm³/mol. The molecule has 0 amide bonds. The maximum atomic E-state index is 8.55. The minimum atomic E-state index is 0.288. The fourth-order valence-electron chi connectivity index (χ4n) is 1.15. The molecule has 0 aliphatic heterocycles. The summed E-state index contributed by atoms with van der Waals surface area (Å²) in [4.78, 5) is 4.02. The lowest BCUT2D eigenvalue weighted by Gasteiger charge is -2.00. The number of hydrogen-bond donors (Lipinski definition) is 2. The van der Waals surface area contributed by atoms with Gasteiger partial charge in [-0.25, -0.2) is 0 Å². The Hall–Kier alpha value is -1.10. The maximum Gasteiger partial charge on any atom is 0.321 e.